The SMILES string of the molecule is CC(C)(C)[Si](C)(C)O[Si](C)(C)CCCOCCO.Cc1cc(C(C)(C)c2ccc(O)c(C)c2)ccc1O. The zero-order valence-electron chi connectivity index (χ0n) is 25.2. The van der Waals surface area contributed by atoms with Gasteiger partial charge in [-0.2, -0.15) is 0 Å². The highest BCUT2D eigenvalue weighted by Crippen LogP contribution is 2.39. The molecule has 0 spiro atoms. The molecule has 2 aromatic carbocycles. The quantitative estimate of drug-likeness (QED) is 0.210. The van der Waals surface area contributed by atoms with Crippen molar-refractivity contribution in [1.29, 1.82) is 0 Å². The molecule has 0 aliphatic rings. The van der Waals surface area contributed by atoms with Gasteiger partial charge in [0.15, 0.2) is 16.6 Å². The number of aliphatic hydroxyl groups excluding tert-OH is 1. The van der Waals surface area contributed by atoms with E-state index in [2.05, 4.69) is 60.8 Å². The maximum Gasteiger partial charge on any atom is 0.178 e. The van der Waals surface area contributed by atoms with Crippen LogP contribution >= 0.6 is 0 Å². The van der Waals surface area contributed by atoms with E-state index in [0.29, 0.717) is 18.1 Å². The third-order valence-corrected chi connectivity index (χ3v) is 16.9. The number of hydrogen-bond acceptors (Lipinski definition) is 5. The number of phenolic OH excluding ortho intramolecular Hbond substituents is 2. The van der Waals surface area contributed by atoms with E-state index in [1.54, 1.807) is 12.1 Å². The molecule has 0 unspecified atom stereocenters. The monoisotopic (exact) mass is 548 g/mol. The third-order valence-electron chi connectivity index (χ3n) is 7.48. The average molecular weight is 549 g/mol. The summed E-state index contributed by atoms with van der Waals surface area (Å²) < 4.78 is 11.9. The first-order valence-electron chi connectivity index (χ1n) is 13.3. The van der Waals surface area contributed by atoms with Crippen LogP contribution in [-0.4, -0.2) is 51.8 Å². The lowest BCUT2D eigenvalue weighted by atomic mass is 9.77. The van der Waals surface area contributed by atoms with Gasteiger partial charge in [0, 0.05) is 12.0 Å². The van der Waals surface area contributed by atoms with Crippen LogP contribution in [-0.2, 0) is 14.3 Å². The lowest BCUT2D eigenvalue weighted by molar-refractivity contribution is 0.0924. The maximum atomic E-state index is 9.63. The molecule has 2 aromatic rings. The lowest BCUT2D eigenvalue weighted by Gasteiger charge is -2.42. The molecule has 210 valence electrons. The van der Waals surface area contributed by atoms with E-state index in [9.17, 15) is 10.2 Å². The number of hydrogen-bond donors (Lipinski definition) is 3. The molecule has 5 nitrogen and oxygen atoms in total. The molecular weight excluding hydrogens is 496 g/mol. The van der Waals surface area contributed by atoms with Crippen molar-refractivity contribution in [2.75, 3.05) is 19.8 Å². The third kappa shape index (κ3) is 10.2. The number of phenols is 2. The molecule has 7 heteroatoms. The van der Waals surface area contributed by atoms with Crippen LogP contribution in [0.4, 0.5) is 0 Å². The minimum atomic E-state index is -1.63. The molecule has 0 amide bonds. The van der Waals surface area contributed by atoms with Gasteiger partial charge < -0.3 is 24.2 Å². The Hall–Kier alpha value is -1.65. The zero-order valence-corrected chi connectivity index (χ0v) is 27.2. The summed E-state index contributed by atoms with van der Waals surface area (Å²) in [5.41, 5.74) is 3.87. The van der Waals surface area contributed by atoms with Gasteiger partial charge in [0.05, 0.1) is 13.2 Å². The average Bonchev–Trinajstić information content (AvgIpc) is 2.76. The second kappa shape index (κ2) is 13.4. The molecule has 0 saturated carbocycles. The number of benzene rings is 2. The first-order valence-corrected chi connectivity index (χ1v) is 19.4. The van der Waals surface area contributed by atoms with Crippen LogP contribution < -0.4 is 0 Å². The van der Waals surface area contributed by atoms with E-state index in [1.807, 2.05) is 38.1 Å². The topological polar surface area (TPSA) is 79.2 Å². The summed E-state index contributed by atoms with van der Waals surface area (Å²) in [5, 5.41) is 28.2. The summed E-state index contributed by atoms with van der Waals surface area (Å²) in [5.74, 6) is 0.642. The molecule has 0 aliphatic carbocycles. The fraction of sp³-hybridized carbons (Fsp3) is 0.600. The Kier molecular flexibility index (Phi) is 12.1. The summed E-state index contributed by atoms with van der Waals surface area (Å²) in [4.78, 5) is 0. The molecule has 0 aromatic heterocycles. The Labute approximate surface area is 228 Å². The van der Waals surface area contributed by atoms with Gasteiger partial charge in [-0.25, -0.2) is 0 Å². The van der Waals surface area contributed by atoms with Crippen LogP contribution in [0, 0.1) is 13.8 Å². The standard InChI is InChI=1S/C17H20O2.C13H32O3Si2/c1-11-9-13(5-7-15(11)18)17(3,4)14-6-8-16(19)12(2)10-14;1-13(2,3)18(6,7)16-17(4,5)12-8-10-15-11-9-14/h5-10,18-19H,1-4H3;14H,8-12H2,1-7H3. The molecule has 37 heavy (non-hydrogen) atoms. The molecule has 0 saturated heterocycles. The highest BCUT2D eigenvalue weighted by molar-refractivity contribution is 6.86. The summed E-state index contributed by atoms with van der Waals surface area (Å²) in [6, 6.07) is 12.5. The van der Waals surface area contributed by atoms with Crippen LogP contribution in [0.15, 0.2) is 36.4 Å². The predicted octanol–water partition coefficient (Wildman–Crippen LogP) is 7.65. The molecule has 3 N–H and O–H groups in total. The fourth-order valence-electron chi connectivity index (χ4n) is 3.92. The largest absolute Gasteiger partial charge is 0.508 e. The molecule has 0 fully saturated rings. The number of aromatic hydroxyl groups is 2. The van der Waals surface area contributed by atoms with Crippen molar-refractivity contribution in [3.8, 4) is 11.5 Å². The van der Waals surface area contributed by atoms with Gasteiger partial charge in [-0.15, -0.1) is 0 Å². The van der Waals surface area contributed by atoms with Crippen LogP contribution in [0.1, 0.15) is 63.3 Å². The van der Waals surface area contributed by atoms with Crippen molar-refractivity contribution in [2.24, 2.45) is 0 Å². The lowest BCUT2D eigenvalue weighted by Crippen LogP contribution is -2.49. The van der Waals surface area contributed by atoms with Gasteiger partial charge in [-0.1, -0.05) is 58.9 Å². The van der Waals surface area contributed by atoms with Crippen molar-refractivity contribution in [3.63, 3.8) is 0 Å². The van der Waals surface area contributed by atoms with Gasteiger partial charge in [0.25, 0.3) is 0 Å². The first-order chi connectivity index (χ1) is 16.8. The van der Waals surface area contributed by atoms with Gasteiger partial charge in [-0.3, -0.25) is 0 Å². The summed E-state index contributed by atoms with van der Waals surface area (Å²) in [6.45, 7) is 25.5. The van der Waals surface area contributed by atoms with Gasteiger partial charge in [-0.05, 0) is 91.9 Å². The molecule has 2 rings (SSSR count). The smallest absolute Gasteiger partial charge is 0.178 e. The predicted molar refractivity (Wildman–Crippen MR) is 161 cm³/mol. The molecular formula is C30H52O5Si2. The Morgan fingerprint density at radius 3 is 1.59 bits per heavy atom. The van der Waals surface area contributed by atoms with E-state index >= 15 is 0 Å². The summed E-state index contributed by atoms with van der Waals surface area (Å²) >= 11 is 0. The number of aryl methyl sites for hydroxylation is 2. The molecule has 0 atom stereocenters. The Balaban J connectivity index is 0.000000371. The summed E-state index contributed by atoms with van der Waals surface area (Å²) in [7, 11) is -3.22. The fourth-order valence-corrected chi connectivity index (χ4v) is 12.1. The second-order valence-corrected chi connectivity index (χ2v) is 22.0. The molecule has 0 radical (unpaired) electrons. The minimum absolute atomic E-state index is 0.112. The first kappa shape index (κ1) is 33.4. The maximum absolute atomic E-state index is 9.63. The highest BCUT2D eigenvalue weighted by atomic mass is 28.4. The molecule has 0 heterocycles. The van der Waals surface area contributed by atoms with Crippen molar-refractivity contribution in [1.82, 2.24) is 0 Å². The highest BCUT2D eigenvalue weighted by Gasteiger charge is 2.41. The Morgan fingerprint density at radius 1 is 0.757 bits per heavy atom. The van der Waals surface area contributed by atoms with Crippen molar-refractivity contribution in [2.45, 2.75) is 97.6 Å². The van der Waals surface area contributed by atoms with E-state index in [1.165, 1.54) is 0 Å². The van der Waals surface area contributed by atoms with Crippen LogP contribution in [0.3, 0.4) is 0 Å². The van der Waals surface area contributed by atoms with Crippen molar-refractivity contribution >= 4 is 16.6 Å². The van der Waals surface area contributed by atoms with E-state index in [4.69, 9.17) is 14.0 Å². The van der Waals surface area contributed by atoms with Crippen molar-refractivity contribution < 1.29 is 24.2 Å². The number of aliphatic hydroxyl groups is 1. The number of rotatable bonds is 10. The van der Waals surface area contributed by atoms with E-state index < -0.39 is 16.6 Å². The van der Waals surface area contributed by atoms with E-state index in [0.717, 1.165) is 41.3 Å². The number of ether oxygens (including phenoxy) is 1. The van der Waals surface area contributed by atoms with Crippen LogP contribution in [0.5, 0.6) is 11.5 Å². The van der Waals surface area contributed by atoms with E-state index in [-0.39, 0.29) is 17.1 Å². The Morgan fingerprint density at radius 2 is 1.22 bits per heavy atom. The van der Waals surface area contributed by atoms with Crippen LogP contribution in [0.2, 0.25) is 37.3 Å². The van der Waals surface area contributed by atoms with Gasteiger partial charge in [0.2, 0.25) is 0 Å². The second-order valence-electron chi connectivity index (χ2n) is 12.7. The van der Waals surface area contributed by atoms with Crippen LogP contribution in [0.25, 0.3) is 0 Å². The minimum Gasteiger partial charge on any atom is -0.508 e. The zero-order chi connectivity index (χ0) is 28.7. The normalized spacial score (nSPS) is 12.8. The Bertz CT molecular complexity index is 940. The van der Waals surface area contributed by atoms with Gasteiger partial charge >= 0.3 is 0 Å². The van der Waals surface area contributed by atoms with Gasteiger partial charge in [0.1, 0.15) is 11.5 Å². The molecule has 0 bridgehead atoms. The van der Waals surface area contributed by atoms with Crippen molar-refractivity contribution in [3.05, 3.63) is 58.7 Å². The molecule has 0 aliphatic heterocycles. The summed E-state index contributed by atoms with van der Waals surface area (Å²) in [6.07, 6.45) is 1.04.